The summed E-state index contributed by atoms with van der Waals surface area (Å²) in [7, 11) is 0. The van der Waals surface area contributed by atoms with Crippen molar-refractivity contribution >= 4 is 22.7 Å². The number of amides is 1. The second kappa shape index (κ2) is 4.34. The largest absolute Gasteiger partial charge is 0.330 e. The van der Waals surface area contributed by atoms with Crippen LogP contribution in [0.25, 0.3) is 10.9 Å². The van der Waals surface area contributed by atoms with Gasteiger partial charge in [-0.25, -0.2) is 0 Å². The monoisotopic (exact) mass is 306 g/mol. The molecule has 0 spiro atoms. The van der Waals surface area contributed by atoms with Gasteiger partial charge in [-0.1, -0.05) is 24.3 Å². The zero-order valence-corrected chi connectivity index (χ0v) is 13.1. The van der Waals surface area contributed by atoms with Crippen molar-refractivity contribution in [3.05, 3.63) is 47.2 Å². The van der Waals surface area contributed by atoms with Gasteiger partial charge in [0.05, 0.1) is 17.3 Å². The van der Waals surface area contributed by atoms with Gasteiger partial charge < -0.3 is 4.90 Å². The van der Waals surface area contributed by atoms with Gasteiger partial charge in [0.15, 0.2) is 0 Å². The Bertz CT molecular complexity index is 905. The van der Waals surface area contributed by atoms with E-state index in [1.807, 2.05) is 40.7 Å². The number of rotatable bonds is 0. The van der Waals surface area contributed by atoms with E-state index in [2.05, 4.69) is 6.07 Å². The summed E-state index contributed by atoms with van der Waals surface area (Å²) in [4.78, 5) is 27.8. The number of hydrogen-bond acceptors (Lipinski definition) is 2. The quantitative estimate of drug-likeness (QED) is 0.702. The van der Waals surface area contributed by atoms with Crippen LogP contribution in [0.15, 0.2) is 35.9 Å². The molecule has 3 aliphatic heterocycles. The summed E-state index contributed by atoms with van der Waals surface area (Å²) in [5.74, 6) is 0.322. The number of benzene rings is 1. The van der Waals surface area contributed by atoms with Gasteiger partial charge in [-0.3, -0.25) is 14.2 Å². The number of carbonyl (C=O) groups excluding carboxylic acids is 2. The number of piperidine rings is 1. The number of aromatic nitrogens is 1. The molecule has 1 fully saturated rings. The highest BCUT2D eigenvalue weighted by Crippen LogP contribution is 2.47. The molecule has 5 rings (SSSR count). The van der Waals surface area contributed by atoms with Crippen LogP contribution < -0.4 is 0 Å². The van der Waals surface area contributed by atoms with Crippen LogP contribution in [0.3, 0.4) is 0 Å². The van der Waals surface area contributed by atoms with E-state index < -0.39 is 0 Å². The second-order valence-electron chi connectivity index (χ2n) is 6.76. The van der Waals surface area contributed by atoms with Crippen molar-refractivity contribution in [2.75, 3.05) is 6.54 Å². The maximum Gasteiger partial charge on any atom is 0.250 e. The molecular formula is C19H18N2O2. The van der Waals surface area contributed by atoms with Crippen LogP contribution in [-0.4, -0.2) is 27.8 Å². The van der Waals surface area contributed by atoms with Gasteiger partial charge in [0, 0.05) is 29.8 Å². The molecule has 0 radical (unpaired) electrons. The zero-order valence-electron chi connectivity index (χ0n) is 13.1. The highest BCUT2D eigenvalue weighted by Gasteiger charge is 2.46. The highest BCUT2D eigenvalue weighted by molar-refractivity contribution is 6.01. The SMILES string of the molecule is C/C=C1/C(=O)N2CCc3c4n(c5ccccc35)C(=O)CC1C[C@H]42. The van der Waals surface area contributed by atoms with E-state index >= 15 is 0 Å². The predicted octanol–water partition coefficient (Wildman–Crippen LogP) is 3.08. The lowest BCUT2D eigenvalue weighted by Crippen LogP contribution is -2.46. The normalized spacial score (nSPS) is 27.7. The van der Waals surface area contributed by atoms with Crippen LogP contribution in [0.1, 0.15) is 41.9 Å². The van der Waals surface area contributed by atoms with Crippen LogP contribution >= 0.6 is 0 Å². The fraction of sp³-hybridized carbons (Fsp3) is 0.368. The first kappa shape index (κ1) is 13.1. The number of para-hydroxylation sites is 1. The lowest BCUT2D eigenvalue weighted by Gasteiger charge is -2.42. The Kier molecular flexibility index (Phi) is 2.48. The zero-order chi connectivity index (χ0) is 15.7. The number of nitrogens with zero attached hydrogens (tertiary/aromatic N) is 2. The minimum atomic E-state index is 0.0544. The number of carbonyl (C=O) groups is 2. The summed E-state index contributed by atoms with van der Waals surface area (Å²) >= 11 is 0. The van der Waals surface area contributed by atoms with E-state index in [-0.39, 0.29) is 23.8 Å². The Morgan fingerprint density at radius 3 is 2.87 bits per heavy atom. The minimum Gasteiger partial charge on any atom is -0.330 e. The van der Waals surface area contributed by atoms with E-state index in [1.165, 1.54) is 10.9 Å². The molecule has 2 atom stereocenters. The van der Waals surface area contributed by atoms with E-state index in [0.717, 1.165) is 36.2 Å². The third-order valence-corrected chi connectivity index (χ3v) is 5.75. The number of hydrogen-bond donors (Lipinski definition) is 0. The molecule has 4 heterocycles. The van der Waals surface area contributed by atoms with Gasteiger partial charge in [-0.2, -0.15) is 0 Å². The van der Waals surface area contributed by atoms with Crippen LogP contribution in [0, 0.1) is 5.92 Å². The van der Waals surface area contributed by atoms with Gasteiger partial charge in [-0.15, -0.1) is 0 Å². The molecule has 4 nitrogen and oxygen atoms in total. The van der Waals surface area contributed by atoms with Crippen LogP contribution in [0.5, 0.6) is 0 Å². The summed E-state index contributed by atoms with van der Waals surface area (Å²) in [5.41, 5.74) is 4.18. The van der Waals surface area contributed by atoms with Gasteiger partial charge in [0.1, 0.15) is 0 Å². The topological polar surface area (TPSA) is 42.3 Å². The third-order valence-electron chi connectivity index (χ3n) is 5.75. The van der Waals surface area contributed by atoms with Gasteiger partial charge in [0.2, 0.25) is 11.8 Å². The van der Waals surface area contributed by atoms with Crippen molar-refractivity contribution in [2.24, 2.45) is 5.92 Å². The number of allylic oxidation sites excluding steroid dienone is 1. The molecule has 0 saturated carbocycles. The van der Waals surface area contributed by atoms with Crippen molar-refractivity contribution in [3.8, 4) is 0 Å². The summed E-state index contributed by atoms with van der Waals surface area (Å²) in [5, 5.41) is 1.18. The average molecular weight is 306 g/mol. The molecule has 1 amide bonds. The van der Waals surface area contributed by atoms with Gasteiger partial charge in [0.25, 0.3) is 0 Å². The molecule has 3 aliphatic rings. The minimum absolute atomic E-state index is 0.0544. The summed E-state index contributed by atoms with van der Waals surface area (Å²) in [6.45, 7) is 2.66. The standard InChI is InChI=1S/C19H18N2O2/c1-2-12-11-9-16-18-14(7-8-20(16)19(12)23)13-5-3-4-6-15(13)21(18)17(22)10-11/h2-6,11,16H,7-10H2,1H3/b12-2+/t11?,16-/m1/s1. The van der Waals surface area contributed by atoms with E-state index in [1.54, 1.807) is 0 Å². The third kappa shape index (κ3) is 1.51. The second-order valence-corrected chi connectivity index (χ2v) is 6.76. The van der Waals surface area contributed by atoms with Crippen LogP contribution in [0.2, 0.25) is 0 Å². The smallest absolute Gasteiger partial charge is 0.250 e. The van der Waals surface area contributed by atoms with Crippen molar-refractivity contribution in [3.63, 3.8) is 0 Å². The lowest BCUT2D eigenvalue weighted by molar-refractivity contribution is -0.133. The molecule has 0 N–H and O–H groups in total. The Morgan fingerprint density at radius 2 is 2.04 bits per heavy atom. The van der Waals surface area contributed by atoms with Crippen LogP contribution in [-0.2, 0) is 11.2 Å². The summed E-state index contributed by atoms with van der Waals surface area (Å²) in [6.07, 6.45) is 4.05. The first-order valence-corrected chi connectivity index (χ1v) is 8.33. The fourth-order valence-electron chi connectivity index (χ4n) is 4.82. The summed E-state index contributed by atoms with van der Waals surface area (Å²) in [6, 6.07) is 8.21. The van der Waals surface area contributed by atoms with Crippen molar-refractivity contribution < 1.29 is 9.59 Å². The molecule has 116 valence electrons. The maximum absolute atomic E-state index is 13.0. The first-order valence-electron chi connectivity index (χ1n) is 8.33. The Labute approximate surface area is 134 Å². The molecule has 2 aromatic rings. The molecule has 4 heteroatoms. The van der Waals surface area contributed by atoms with E-state index in [0.29, 0.717) is 6.42 Å². The van der Waals surface area contributed by atoms with Crippen LogP contribution in [0.4, 0.5) is 0 Å². The molecule has 1 unspecified atom stereocenters. The maximum atomic E-state index is 13.0. The molecular weight excluding hydrogens is 288 g/mol. The molecule has 1 aromatic heterocycles. The Balaban J connectivity index is 1.85. The predicted molar refractivity (Wildman–Crippen MR) is 87.2 cm³/mol. The number of fused-ring (bicyclic) bond motifs is 4. The van der Waals surface area contributed by atoms with E-state index in [4.69, 9.17) is 0 Å². The molecule has 2 bridgehead atoms. The van der Waals surface area contributed by atoms with Crippen molar-refractivity contribution in [2.45, 2.75) is 32.2 Å². The molecule has 1 aromatic carbocycles. The average Bonchev–Trinajstić information content (AvgIpc) is 2.82. The highest BCUT2D eigenvalue weighted by atomic mass is 16.2. The van der Waals surface area contributed by atoms with Crippen molar-refractivity contribution in [1.29, 1.82) is 0 Å². The van der Waals surface area contributed by atoms with Gasteiger partial charge in [-0.05, 0) is 31.4 Å². The lowest BCUT2D eigenvalue weighted by atomic mass is 9.80. The molecule has 23 heavy (non-hydrogen) atoms. The Morgan fingerprint density at radius 1 is 1.22 bits per heavy atom. The summed E-state index contributed by atoms with van der Waals surface area (Å²) < 4.78 is 1.91. The molecule has 1 saturated heterocycles. The first-order chi connectivity index (χ1) is 11.2. The van der Waals surface area contributed by atoms with E-state index in [9.17, 15) is 9.59 Å². The van der Waals surface area contributed by atoms with Crippen molar-refractivity contribution in [1.82, 2.24) is 9.47 Å². The van der Waals surface area contributed by atoms with Gasteiger partial charge >= 0.3 is 0 Å². The Hall–Kier alpha value is -2.36. The fourth-order valence-corrected chi connectivity index (χ4v) is 4.82. The molecule has 0 aliphatic carbocycles.